The van der Waals surface area contributed by atoms with Crippen LogP contribution in [0.1, 0.15) is 142 Å². The van der Waals surface area contributed by atoms with E-state index in [1.165, 1.54) is 125 Å². The molecule has 244 valence electrons. The molecule has 2 rings (SSSR count). The molecule has 0 aliphatic heterocycles. The van der Waals surface area contributed by atoms with E-state index in [-0.39, 0.29) is 0 Å². The first-order chi connectivity index (χ1) is 21.7. The summed E-state index contributed by atoms with van der Waals surface area (Å²) in [5, 5.41) is 0. The summed E-state index contributed by atoms with van der Waals surface area (Å²) < 4.78 is 11.0. The van der Waals surface area contributed by atoms with Crippen molar-refractivity contribution in [1.29, 1.82) is 0 Å². The molecule has 2 heteroatoms. The number of rotatable bonds is 24. The molecule has 2 aromatic rings. The fourth-order valence-corrected chi connectivity index (χ4v) is 4.86. The molecule has 0 radical (unpaired) electrons. The Kier molecular flexibility index (Phi) is 26.6. The van der Waals surface area contributed by atoms with Gasteiger partial charge < -0.3 is 9.47 Å². The van der Waals surface area contributed by atoms with Gasteiger partial charge in [-0.25, -0.2) is 0 Å². The van der Waals surface area contributed by atoms with Gasteiger partial charge in [0.1, 0.15) is 0 Å². The molecule has 0 fully saturated rings. The van der Waals surface area contributed by atoms with Crippen LogP contribution in [0, 0.1) is 0 Å². The van der Waals surface area contributed by atoms with Crippen LogP contribution in [0.2, 0.25) is 0 Å². The molecule has 0 spiro atoms. The second-order valence-corrected chi connectivity index (χ2v) is 12.1. The van der Waals surface area contributed by atoms with Crippen molar-refractivity contribution in [2.45, 2.75) is 143 Å². The van der Waals surface area contributed by atoms with Crippen molar-refractivity contribution in [2.24, 2.45) is 0 Å². The van der Waals surface area contributed by atoms with Crippen molar-refractivity contribution in [3.05, 3.63) is 120 Å². The number of hydrogen-bond acceptors (Lipinski definition) is 2. The Bertz CT molecular complexity index is 919. The fraction of sp³-hybridized carbons (Fsp3) is 0.524. The Morgan fingerprint density at radius 2 is 0.841 bits per heavy atom. The third kappa shape index (κ3) is 25.5. The molecule has 0 bridgehead atoms. The normalized spacial score (nSPS) is 12.0. The van der Waals surface area contributed by atoms with Crippen molar-refractivity contribution in [3.8, 4) is 0 Å². The second kappa shape index (κ2) is 30.0. The standard InChI is InChI=1S/C24H46O.C18H18O/c1-5-7-9-11-13-15-17-19-23(3)21-25-22-24(4)20-18-16-14-12-10-8-6-2;1-3-9-17(10-4-1)13-7-15-19-16-8-14-18-11-5-2-6-12-18/h21-22H,5-20H2,1-4H3;1-12,15-16H,13-14H2. The molecule has 0 amide bonds. The van der Waals surface area contributed by atoms with Crippen LogP contribution in [0.15, 0.2) is 109 Å². The minimum atomic E-state index is 0.896. The number of benzene rings is 2. The van der Waals surface area contributed by atoms with E-state index in [0.717, 1.165) is 12.8 Å². The van der Waals surface area contributed by atoms with Crippen LogP contribution in [0.25, 0.3) is 0 Å². The molecule has 0 saturated heterocycles. The maximum absolute atomic E-state index is 5.65. The maximum atomic E-state index is 5.65. The Hall–Kier alpha value is -3.00. The lowest BCUT2D eigenvalue weighted by Gasteiger charge is -2.04. The summed E-state index contributed by atoms with van der Waals surface area (Å²) in [4.78, 5) is 0. The molecule has 0 aliphatic carbocycles. The molecule has 0 aliphatic rings. The second-order valence-electron chi connectivity index (χ2n) is 12.1. The van der Waals surface area contributed by atoms with Crippen molar-refractivity contribution in [2.75, 3.05) is 0 Å². The zero-order chi connectivity index (χ0) is 31.8. The molecule has 2 aromatic carbocycles. The Labute approximate surface area is 272 Å². The maximum Gasteiger partial charge on any atom is 0.0890 e. The van der Waals surface area contributed by atoms with E-state index in [1.807, 2.05) is 61.1 Å². The summed E-state index contributed by atoms with van der Waals surface area (Å²) in [6, 6.07) is 20.7. The van der Waals surface area contributed by atoms with Crippen molar-refractivity contribution < 1.29 is 9.47 Å². The predicted octanol–water partition coefficient (Wildman–Crippen LogP) is 13.6. The monoisotopic (exact) mass is 600 g/mol. The lowest BCUT2D eigenvalue weighted by molar-refractivity contribution is 0.388. The summed E-state index contributed by atoms with van der Waals surface area (Å²) in [5.74, 6) is 0. The van der Waals surface area contributed by atoms with Crippen molar-refractivity contribution in [3.63, 3.8) is 0 Å². The summed E-state index contributed by atoms with van der Waals surface area (Å²) in [5.41, 5.74) is 5.31. The van der Waals surface area contributed by atoms with Gasteiger partial charge in [-0.3, -0.25) is 0 Å². The van der Waals surface area contributed by atoms with Gasteiger partial charge in [0.05, 0.1) is 25.0 Å². The Balaban J connectivity index is 0.000000454. The highest BCUT2D eigenvalue weighted by atomic mass is 16.5. The smallest absolute Gasteiger partial charge is 0.0890 e. The van der Waals surface area contributed by atoms with Gasteiger partial charge in [-0.05, 0) is 86.8 Å². The number of unbranched alkanes of at least 4 members (excludes halogenated alkanes) is 12. The third-order valence-electron chi connectivity index (χ3n) is 7.63. The molecule has 0 saturated carbocycles. The van der Waals surface area contributed by atoms with Crippen LogP contribution in [0.5, 0.6) is 0 Å². The zero-order valence-electron chi connectivity index (χ0n) is 28.8. The number of ether oxygens (including phenoxy) is 2. The first-order valence-electron chi connectivity index (χ1n) is 17.7. The topological polar surface area (TPSA) is 18.5 Å². The Morgan fingerprint density at radius 1 is 0.477 bits per heavy atom. The average Bonchev–Trinajstić information content (AvgIpc) is 3.05. The molecule has 0 heterocycles. The number of hydrogen-bond donors (Lipinski definition) is 0. The van der Waals surface area contributed by atoms with Gasteiger partial charge in [0.15, 0.2) is 0 Å². The van der Waals surface area contributed by atoms with Gasteiger partial charge in [-0.15, -0.1) is 0 Å². The molecule has 0 unspecified atom stereocenters. The lowest BCUT2D eigenvalue weighted by Crippen LogP contribution is -1.85. The van der Waals surface area contributed by atoms with Gasteiger partial charge >= 0.3 is 0 Å². The van der Waals surface area contributed by atoms with Gasteiger partial charge in [-0.2, -0.15) is 0 Å². The van der Waals surface area contributed by atoms with Crippen LogP contribution in [-0.4, -0.2) is 0 Å². The summed E-state index contributed by atoms with van der Waals surface area (Å²) >= 11 is 0. The number of allylic oxidation sites excluding steroid dienone is 4. The van der Waals surface area contributed by atoms with Gasteiger partial charge in [-0.1, -0.05) is 152 Å². The van der Waals surface area contributed by atoms with E-state index in [2.05, 4.69) is 52.0 Å². The fourth-order valence-electron chi connectivity index (χ4n) is 4.86. The van der Waals surface area contributed by atoms with Gasteiger partial charge in [0.2, 0.25) is 0 Å². The van der Waals surface area contributed by atoms with Crippen LogP contribution < -0.4 is 0 Å². The summed E-state index contributed by atoms with van der Waals surface area (Å²) in [6.45, 7) is 8.94. The third-order valence-corrected chi connectivity index (χ3v) is 7.63. The minimum absolute atomic E-state index is 0.896. The van der Waals surface area contributed by atoms with Gasteiger partial charge in [0.25, 0.3) is 0 Å². The highest BCUT2D eigenvalue weighted by molar-refractivity contribution is 5.18. The first-order valence-corrected chi connectivity index (χ1v) is 17.7. The van der Waals surface area contributed by atoms with E-state index < -0.39 is 0 Å². The molecule has 0 atom stereocenters. The van der Waals surface area contributed by atoms with Crippen molar-refractivity contribution >= 4 is 0 Å². The van der Waals surface area contributed by atoms with Gasteiger partial charge in [0, 0.05) is 0 Å². The molecular formula is C42H64O2. The van der Waals surface area contributed by atoms with E-state index in [1.54, 1.807) is 12.5 Å². The predicted molar refractivity (Wildman–Crippen MR) is 193 cm³/mol. The van der Waals surface area contributed by atoms with E-state index in [0.29, 0.717) is 0 Å². The van der Waals surface area contributed by atoms with Crippen LogP contribution >= 0.6 is 0 Å². The quantitative estimate of drug-likeness (QED) is 0.0881. The molecule has 0 aromatic heterocycles. The SMILES string of the molecule is C(=COC=CCc1ccccc1)Cc1ccccc1.CCCCCCCCCC(C)=COC=C(C)CCCCCCCCC. The molecule has 44 heavy (non-hydrogen) atoms. The van der Waals surface area contributed by atoms with E-state index in [4.69, 9.17) is 9.47 Å². The average molecular weight is 601 g/mol. The van der Waals surface area contributed by atoms with Crippen LogP contribution in [-0.2, 0) is 22.3 Å². The minimum Gasteiger partial charge on any atom is -0.473 e. The molecular weight excluding hydrogens is 536 g/mol. The first kappa shape index (κ1) is 39.0. The largest absolute Gasteiger partial charge is 0.473 e. The van der Waals surface area contributed by atoms with Crippen LogP contribution in [0.4, 0.5) is 0 Å². The highest BCUT2D eigenvalue weighted by Gasteiger charge is 1.96. The summed E-state index contributed by atoms with van der Waals surface area (Å²) in [6.07, 6.45) is 34.8. The van der Waals surface area contributed by atoms with Crippen LogP contribution in [0.3, 0.4) is 0 Å². The van der Waals surface area contributed by atoms with E-state index in [9.17, 15) is 0 Å². The summed E-state index contributed by atoms with van der Waals surface area (Å²) in [7, 11) is 0. The highest BCUT2D eigenvalue weighted by Crippen LogP contribution is 2.14. The molecule has 0 N–H and O–H groups in total. The van der Waals surface area contributed by atoms with E-state index >= 15 is 0 Å². The van der Waals surface area contributed by atoms with Crippen molar-refractivity contribution in [1.82, 2.24) is 0 Å². The zero-order valence-corrected chi connectivity index (χ0v) is 28.8. The lowest BCUT2D eigenvalue weighted by atomic mass is 10.1. The Morgan fingerprint density at radius 3 is 1.23 bits per heavy atom. The molecule has 2 nitrogen and oxygen atoms in total.